The number of nitrogens with zero attached hydrogens (tertiary/aromatic N) is 2. The van der Waals surface area contributed by atoms with Crippen LogP contribution in [-0.4, -0.2) is 37.8 Å². The van der Waals surface area contributed by atoms with Gasteiger partial charge >= 0.3 is 0 Å². The number of carbonyl (C=O) groups is 1. The molecular formula is C14H17N3O3S. The number of sulfonamides is 1. The van der Waals surface area contributed by atoms with Gasteiger partial charge in [0.05, 0.1) is 16.5 Å². The summed E-state index contributed by atoms with van der Waals surface area (Å²) in [6.45, 7) is 3.99. The van der Waals surface area contributed by atoms with Crippen LogP contribution < -0.4 is 5.32 Å². The van der Waals surface area contributed by atoms with E-state index in [1.54, 1.807) is 26.0 Å². The van der Waals surface area contributed by atoms with Gasteiger partial charge in [-0.25, -0.2) is 8.42 Å². The first-order chi connectivity index (χ1) is 9.91. The summed E-state index contributed by atoms with van der Waals surface area (Å²) in [5, 5.41) is 11.6. The highest BCUT2D eigenvalue weighted by molar-refractivity contribution is 7.89. The van der Waals surface area contributed by atoms with Crippen molar-refractivity contribution in [3.63, 3.8) is 0 Å². The van der Waals surface area contributed by atoms with Gasteiger partial charge in [-0.05, 0) is 31.0 Å². The number of aryl methyl sites for hydroxylation is 1. The number of piperazine rings is 1. The molecule has 0 radical (unpaired) electrons. The van der Waals surface area contributed by atoms with Crippen molar-refractivity contribution in [1.29, 1.82) is 5.26 Å². The minimum absolute atomic E-state index is 0.0923. The third-order valence-corrected chi connectivity index (χ3v) is 5.62. The van der Waals surface area contributed by atoms with Gasteiger partial charge in [0.15, 0.2) is 0 Å². The molecule has 0 aliphatic carbocycles. The number of nitrogens with one attached hydrogen (secondary N) is 1. The van der Waals surface area contributed by atoms with Crippen LogP contribution in [0.5, 0.6) is 0 Å². The van der Waals surface area contributed by atoms with E-state index < -0.39 is 16.1 Å². The van der Waals surface area contributed by atoms with Gasteiger partial charge in [0.1, 0.15) is 6.04 Å². The lowest BCUT2D eigenvalue weighted by atomic mass is 10.2. The Hall–Kier alpha value is -1.91. The van der Waals surface area contributed by atoms with E-state index in [0.717, 1.165) is 0 Å². The van der Waals surface area contributed by atoms with Gasteiger partial charge in [-0.1, -0.05) is 13.0 Å². The fourth-order valence-corrected chi connectivity index (χ4v) is 4.36. The van der Waals surface area contributed by atoms with Gasteiger partial charge in [-0.15, -0.1) is 0 Å². The molecule has 1 unspecified atom stereocenters. The number of nitriles is 1. The second-order valence-corrected chi connectivity index (χ2v) is 6.78. The standard InChI is InChI=1S/C14H17N3O3S/c1-3-12-14(18)16-6-7-17(12)21(19,20)13-8-11(9-15)5-4-10(13)2/h4-5,8,12H,3,6-7H2,1-2H3,(H,16,18). The van der Waals surface area contributed by atoms with Gasteiger partial charge in [0, 0.05) is 13.1 Å². The van der Waals surface area contributed by atoms with Crippen LogP contribution in [0.3, 0.4) is 0 Å². The average molecular weight is 307 g/mol. The van der Waals surface area contributed by atoms with E-state index in [-0.39, 0.29) is 22.9 Å². The van der Waals surface area contributed by atoms with Crippen LogP contribution in [0.2, 0.25) is 0 Å². The van der Waals surface area contributed by atoms with Crippen LogP contribution in [0.25, 0.3) is 0 Å². The number of hydrogen-bond donors (Lipinski definition) is 1. The van der Waals surface area contributed by atoms with Gasteiger partial charge in [-0.3, -0.25) is 4.79 Å². The monoisotopic (exact) mass is 307 g/mol. The quantitative estimate of drug-likeness (QED) is 0.893. The number of rotatable bonds is 3. The molecule has 1 atom stereocenters. The fourth-order valence-electron chi connectivity index (χ4n) is 2.44. The predicted octanol–water partition coefficient (Wildman–Crippen LogP) is 0.766. The SMILES string of the molecule is CCC1C(=O)NCCN1S(=O)(=O)c1cc(C#N)ccc1C. The van der Waals surface area contributed by atoms with Crippen molar-refractivity contribution >= 4 is 15.9 Å². The van der Waals surface area contributed by atoms with Gasteiger partial charge < -0.3 is 5.32 Å². The van der Waals surface area contributed by atoms with Crippen molar-refractivity contribution in [2.24, 2.45) is 0 Å². The molecular weight excluding hydrogens is 290 g/mol. The first-order valence-electron chi connectivity index (χ1n) is 6.72. The zero-order valence-corrected chi connectivity index (χ0v) is 12.8. The summed E-state index contributed by atoms with van der Waals surface area (Å²) in [6.07, 6.45) is 0.405. The van der Waals surface area contributed by atoms with Crippen molar-refractivity contribution in [3.8, 4) is 6.07 Å². The summed E-state index contributed by atoms with van der Waals surface area (Å²) in [7, 11) is -3.80. The van der Waals surface area contributed by atoms with Crippen molar-refractivity contribution in [1.82, 2.24) is 9.62 Å². The Morgan fingerprint density at radius 3 is 2.81 bits per heavy atom. The summed E-state index contributed by atoms with van der Waals surface area (Å²) in [4.78, 5) is 11.9. The lowest BCUT2D eigenvalue weighted by Gasteiger charge is -2.33. The normalized spacial score (nSPS) is 19.9. The Bertz CT molecular complexity index is 707. The van der Waals surface area contributed by atoms with E-state index in [1.807, 2.05) is 6.07 Å². The topological polar surface area (TPSA) is 90.3 Å². The minimum Gasteiger partial charge on any atom is -0.353 e. The van der Waals surface area contributed by atoms with Crippen LogP contribution in [0.4, 0.5) is 0 Å². The zero-order valence-electron chi connectivity index (χ0n) is 12.0. The minimum atomic E-state index is -3.80. The number of carbonyl (C=O) groups excluding carboxylic acids is 1. The van der Waals surface area contributed by atoms with Crippen molar-refractivity contribution < 1.29 is 13.2 Å². The summed E-state index contributed by atoms with van der Waals surface area (Å²) in [5.74, 6) is -0.276. The van der Waals surface area contributed by atoms with E-state index in [4.69, 9.17) is 5.26 Å². The predicted molar refractivity (Wildman–Crippen MR) is 76.9 cm³/mol. The van der Waals surface area contributed by atoms with Crippen molar-refractivity contribution in [2.75, 3.05) is 13.1 Å². The summed E-state index contributed by atoms with van der Waals surface area (Å²) < 4.78 is 26.9. The van der Waals surface area contributed by atoms with Gasteiger partial charge in [0.2, 0.25) is 15.9 Å². The smallest absolute Gasteiger partial charge is 0.244 e. The highest BCUT2D eigenvalue weighted by atomic mass is 32.2. The van der Waals surface area contributed by atoms with E-state index in [1.165, 1.54) is 10.4 Å². The maximum absolute atomic E-state index is 12.8. The largest absolute Gasteiger partial charge is 0.353 e. The third-order valence-electron chi connectivity index (χ3n) is 3.57. The Morgan fingerprint density at radius 1 is 1.48 bits per heavy atom. The Kier molecular flexibility index (Phi) is 4.30. The Labute approximate surface area is 124 Å². The average Bonchev–Trinajstić information content (AvgIpc) is 2.47. The molecule has 1 N–H and O–H groups in total. The second-order valence-electron chi connectivity index (χ2n) is 4.92. The van der Waals surface area contributed by atoms with Crippen LogP contribution in [0, 0.1) is 18.3 Å². The maximum atomic E-state index is 12.8. The third kappa shape index (κ3) is 2.77. The number of hydrogen-bond acceptors (Lipinski definition) is 4. The molecule has 1 aromatic rings. The number of benzene rings is 1. The molecule has 0 saturated carbocycles. The van der Waals surface area contributed by atoms with E-state index in [9.17, 15) is 13.2 Å². The first kappa shape index (κ1) is 15.5. The lowest BCUT2D eigenvalue weighted by Crippen LogP contribution is -2.56. The molecule has 1 aliphatic rings. The molecule has 2 rings (SSSR count). The van der Waals surface area contributed by atoms with Crippen LogP contribution in [0.15, 0.2) is 23.1 Å². The van der Waals surface area contributed by atoms with E-state index >= 15 is 0 Å². The highest BCUT2D eigenvalue weighted by Crippen LogP contribution is 2.24. The summed E-state index contributed by atoms with van der Waals surface area (Å²) in [5.41, 5.74) is 0.850. The summed E-state index contributed by atoms with van der Waals surface area (Å²) in [6, 6.07) is 5.79. The summed E-state index contributed by atoms with van der Waals surface area (Å²) >= 11 is 0. The molecule has 112 valence electrons. The molecule has 1 aromatic carbocycles. The second kappa shape index (κ2) is 5.84. The molecule has 1 aliphatic heterocycles. The van der Waals surface area contributed by atoms with E-state index in [2.05, 4.69) is 5.32 Å². The zero-order chi connectivity index (χ0) is 15.6. The molecule has 6 nitrogen and oxygen atoms in total. The van der Waals surface area contributed by atoms with Crippen molar-refractivity contribution in [2.45, 2.75) is 31.2 Å². The number of amides is 1. The Morgan fingerprint density at radius 2 is 2.19 bits per heavy atom. The molecule has 21 heavy (non-hydrogen) atoms. The molecule has 1 saturated heterocycles. The highest BCUT2D eigenvalue weighted by Gasteiger charge is 2.37. The molecule has 1 heterocycles. The maximum Gasteiger partial charge on any atom is 0.244 e. The van der Waals surface area contributed by atoms with Crippen LogP contribution in [0.1, 0.15) is 24.5 Å². The van der Waals surface area contributed by atoms with Crippen LogP contribution >= 0.6 is 0 Å². The van der Waals surface area contributed by atoms with Crippen molar-refractivity contribution in [3.05, 3.63) is 29.3 Å². The first-order valence-corrected chi connectivity index (χ1v) is 8.16. The molecule has 0 bridgehead atoms. The van der Waals surface area contributed by atoms with E-state index in [0.29, 0.717) is 18.5 Å². The van der Waals surface area contributed by atoms with Crippen LogP contribution in [-0.2, 0) is 14.8 Å². The molecule has 0 aromatic heterocycles. The molecule has 1 fully saturated rings. The molecule has 1 amide bonds. The molecule has 0 spiro atoms. The molecule has 7 heteroatoms. The fraction of sp³-hybridized carbons (Fsp3) is 0.429. The lowest BCUT2D eigenvalue weighted by molar-refractivity contribution is -0.126. The van der Waals surface area contributed by atoms with Gasteiger partial charge in [0.25, 0.3) is 0 Å². The Balaban J connectivity index is 2.51. The van der Waals surface area contributed by atoms with Gasteiger partial charge in [-0.2, -0.15) is 9.57 Å².